The van der Waals surface area contributed by atoms with E-state index in [4.69, 9.17) is 9.47 Å². The number of rotatable bonds is 3. The van der Waals surface area contributed by atoms with E-state index in [1.165, 1.54) is 24.3 Å². The molecule has 1 saturated heterocycles. The molecule has 0 aromatic heterocycles. The highest BCUT2D eigenvalue weighted by atomic mass is 19.1. The molecule has 4 rings (SSSR count). The maximum absolute atomic E-state index is 15.5. The Morgan fingerprint density at radius 1 is 1.00 bits per heavy atom. The minimum atomic E-state index is -0.637. The molecule has 0 N–H and O–H groups in total. The van der Waals surface area contributed by atoms with E-state index in [0.29, 0.717) is 45.1 Å². The zero-order chi connectivity index (χ0) is 19.7. The highest BCUT2D eigenvalue weighted by molar-refractivity contribution is 5.72. The summed E-state index contributed by atoms with van der Waals surface area (Å²) in [5.41, 5.74) is 0.699. The second-order valence-corrected chi connectivity index (χ2v) is 6.64. The van der Waals surface area contributed by atoms with E-state index < -0.39 is 16.6 Å². The number of hydrogen-bond donors (Lipinski definition) is 0. The summed E-state index contributed by atoms with van der Waals surface area (Å²) >= 11 is 0. The highest BCUT2D eigenvalue weighted by Gasteiger charge is 2.30. The maximum Gasteiger partial charge on any atom is 0.295 e. The van der Waals surface area contributed by atoms with Crippen molar-refractivity contribution in [3.8, 4) is 5.75 Å². The number of anilines is 2. The fourth-order valence-electron chi connectivity index (χ4n) is 3.57. The molecule has 2 aromatic carbocycles. The van der Waals surface area contributed by atoms with E-state index in [-0.39, 0.29) is 23.7 Å². The van der Waals surface area contributed by atoms with Gasteiger partial charge in [-0.05, 0) is 12.1 Å². The Kier molecular flexibility index (Phi) is 4.99. The van der Waals surface area contributed by atoms with Crippen LogP contribution in [0.4, 0.5) is 25.8 Å². The monoisotopic (exact) mass is 391 g/mol. The lowest BCUT2D eigenvalue weighted by Crippen LogP contribution is -2.37. The summed E-state index contributed by atoms with van der Waals surface area (Å²) in [5.74, 6) is -0.608. The van der Waals surface area contributed by atoms with E-state index in [2.05, 4.69) is 0 Å². The standard InChI is InChI=1S/C19H19F2N3O4/c20-14-2-1-13-12-23(7-10-28-17(13)11-14)15-3-4-16(24(25)26)19(18(15)21)22-5-8-27-9-6-22/h1-4,11H,5-10,12H2. The van der Waals surface area contributed by atoms with Gasteiger partial charge < -0.3 is 19.3 Å². The number of ether oxygens (including phenoxy) is 2. The zero-order valence-corrected chi connectivity index (χ0v) is 15.1. The SMILES string of the molecule is O=[N+]([O-])c1ccc(N2CCOc3cc(F)ccc3C2)c(F)c1N1CCOCC1. The van der Waals surface area contributed by atoms with Crippen molar-refractivity contribution in [2.24, 2.45) is 0 Å². The number of nitro groups is 1. The fraction of sp³-hybridized carbons (Fsp3) is 0.368. The van der Waals surface area contributed by atoms with Gasteiger partial charge >= 0.3 is 0 Å². The molecular weight excluding hydrogens is 372 g/mol. The Bertz CT molecular complexity index is 903. The largest absolute Gasteiger partial charge is 0.491 e. The molecule has 0 amide bonds. The van der Waals surface area contributed by atoms with E-state index in [0.717, 1.165) is 5.56 Å². The summed E-state index contributed by atoms with van der Waals surface area (Å²) in [7, 11) is 0. The third kappa shape index (κ3) is 3.45. The zero-order valence-electron chi connectivity index (χ0n) is 15.1. The molecular formula is C19H19F2N3O4. The average molecular weight is 391 g/mol. The van der Waals surface area contributed by atoms with Gasteiger partial charge in [-0.25, -0.2) is 8.78 Å². The molecule has 148 valence electrons. The predicted octanol–water partition coefficient (Wildman–Crippen LogP) is 3.11. The smallest absolute Gasteiger partial charge is 0.295 e. The number of nitro benzene ring substituents is 1. The van der Waals surface area contributed by atoms with Crippen molar-refractivity contribution in [3.63, 3.8) is 0 Å². The molecule has 0 radical (unpaired) electrons. The molecule has 1 fully saturated rings. The van der Waals surface area contributed by atoms with Gasteiger partial charge in [-0.3, -0.25) is 10.1 Å². The van der Waals surface area contributed by atoms with Crippen molar-refractivity contribution >= 4 is 17.1 Å². The van der Waals surface area contributed by atoms with E-state index in [1.807, 2.05) is 0 Å². The predicted molar refractivity (Wildman–Crippen MR) is 99.0 cm³/mol. The number of benzene rings is 2. The first-order chi connectivity index (χ1) is 13.5. The second kappa shape index (κ2) is 7.59. The third-order valence-electron chi connectivity index (χ3n) is 4.95. The van der Waals surface area contributed by atoms with Crippen molar-refractivity contribution in [2.45, 2.75) is 6.54 Å². The molecule has 28 heavy (non-hydrogen) atoms. The molecule has 0 aliphatic carbocycles. The molecule has 0 spiro atoms. The Morgan fingerprint density at radius 3 is 2.50 bits per heavy atom. The van der Waals surface area contributed by atoms with Crippen LogP contribution in [0.5, 0.6) is 5.75 Å². The normalized spacial score (nSPS) is 16.9. The van der Waals surface area contributed by atoms with E-state index >= 15 is 4.39 Å². The number of morpholine rings is 1. The van der Waals surface area contributed by atoms with Crippen LogP contribution in [-0.2, 0) is 11.3 Å². The van der Waals surface area contributed by atoms with Crippen LogP contribution in [-0.4, -0.2) is 44.4 Å². The van der Waals surface area contributed by atoms with Crippen LogP contribution < -0.4 is 14.5 Å². The number of nitrogens with zero attached hydrogens (tertiary/aromatic N) is 3. The fourth-order valence-corrected chi connectivity index (χ4v) is 3.57. The summed E-state index contributed by atoms with van der Waals surface area (Å²) in [6.45, 7) is 2.47. The molecule has 2 aromatic rings. The molecule has 9 heteroatoms. The maximum atomic E-state index is 15.5. The minimum Gasteiger partial charge on any atom is -0.491 e. The van der Waals surface area contributed by atoms with Crippen LogP contribution in [0.3, 0.4) is 0 Å². The lowest BCUT2D eigenvalue weighted by molar-refractivity contribution is -0.384. The van der Waals surface area contributed by atoms with E-state index in [9.17, 15) is 14.5 Å². The summed E-state index contributed by atoms with van der Waals surface area (Å²) in [5, 5.41) is 11.5. The summed E-state index contributed by atoms with van der Waals surface area (Å²) < 4.78 is 39.8. The van der Waals surface area contributed by atoms with Crippen molar-refractivity contribution in [2.75, 3.05) is 49.3 Å². The van der Waals surface area contributed by atoms with Gasteiger partial charge in [0.15, 0.2) is 11.5 Å². The van der Waals surface area contributed by atoms with Gasteiger partial charge in [0.2, 0.25) is 0 Å². The van der Waals surface area contributed by atoms with E-state index in [1.54, 1.807) is 15.9 Å². The van der Waals surface area contributed by atoms with Gasteiger partial charge in [-0.1, -0.05) is 6.07 Å². The Labute approximate surface area is 160 Å². The molecule has 2 aliphatic heterocycles. The van der Waals surface area contributed by atoms with Gasteiger partial charge in [-0.2, -0.15) is 0 Å². The summed E-state index contributed by atoms with van der Waals surface area (Å²) in [4.78, 5) is 14.3. The number of halogens is 2. The lowest BCUT2D eigenvalue weighted by Gasteiger charge is -2.30. The van der Waals surface area contributed by atoms with Crippen molar-refractivity contribution < 1.29 is 23.2 Å². The number of fused-ring (bicyclic) bond motifs is 1. The van der Waals surface area contributed by atoms with Crippen LogP contribution in [0, 0.1) is 21.7 Å². The molecule has 0 unspecified atom stereocenters. The Balaban J connectivity index is 1.73. The number of hydrogen-bond acceptors (Lipinski definition) is 6. The van der Waals surface area contributed by atoms with Crippen LogP contribution in [0.1, 0.15) is 5.56 Å². The van der Waals surface area contributed by atoms with Crippen molar-refractivity contribution in [1.29, 1.82) is 0 Å². The topological polar surface area (TPSA) is 68.1 Å². The first-order valence-electron chi connectivity index (χ1n) is 9.00. The molecule has 2 aliphatic rings. The quantitative estimate of drug-likeness (QED) is 0.592. The Morgan fingerprint density at radius 2 is 1.75 bits per heavy atom. The molecule has 2 heterocycles. The van der Waals surface area contributed by atoms with Crippen LogP contribution in [0.15, 0.2) is 30.3 Å². The second-order valence-electron chi connectivity index (χ2n) is 6.64. The molecule has 7 nitrogen and oxygen atoms in total. The molecule has 0 bridgehead atoms. The average Bonchev–Trinajstić information content (AvgIpc) is 2.90. The molecule has 0 saturated carbocycles. The van der Waals surface area contributed by atoms with Crippen molar-refractivity contribution in [3.05, 3.63) is 57.6 Å². The van der Waals surface area contributed by atoms with Crippen LogP contribution in [0.2, 0.25) is 0 Å². The summed E-state index contributed by atoms with van der Waals surface area (Å²) in [6, 6.07) is 7.00. The van der Waals surface area contributed by atoms with Gasteiger partial charge in [0, 0.05) is 37.3 Å². The first kappa shape index (κ1) is 18.4. The van der Waals surface area contributed by atoms with Gasteiger partial charge in [0.1, 0.15) is 18.2 Å². The highest BCUT2D eigenvalue weighted by Crippen LogP contribution is 2.38. The Hall–Kier alpha value is -2.94. The van der Waals surface area contributed by atoms with Crippen LogP contribution >= 0.6 is 0 Å². The first-order valence-corrected chi connectivity index (χ1v) is 9.00. The van der Waals surface area contributed by atoms with Crippen molar-refractivity contribution in [1.82, 2.24) is 0 Å². The minimum absolute atomic E-state index is 0.0182. The lowest BCUT2D eigenvalue weighted by atomic mass is 10.1. The van der Waals surface area contributed by atoms with Gasteiger partial charge in [0.25, 0.3) is 5.69 Å². The van der Waals surface area contributed by atoms with Gasteiger partial charge in [0.05, 0.1) is 30.4 Å². The molecule has 0 atom stereocenters. The summed E-state index contributed by atoms with van der Waals surface area (Å²) in [6.07, 6.45) is 0. The van der Waals surface area contributed by atoms with Crippen LogP contribution in [0.25, 0.3) is 0 Å². The third-order valence-corrected chi connectivity index (χ3v) is 4.95. The van der Waals surface area contributed by atoms with Gasteiger partial charge in [-0.15, -0.1) is 0 Å².